The second-order valence-corrected chi connectivity index (χ2v) is 7.72. The van der Waals surface area contributed by atoms with Crippen LogP contribution in [0.3, 0.4) is 0 Å². The third-order valence-corrected chi connectivity index (χ3v) is 6.26. The maximum Gasteiger partial charge on any atom is 0.314 e. The van der Waals surface area contributed by atoms with E-state index in [9.17, 15) is 4.79 Å². The molecule has 0 aliphatic heterocycles. The van der Waals surface area contributed by atoms with Crippen LogP contribution in [0, 0.1) is 23.2 Å². The molecule has 2 N–H and O–H groups in total. The summed E-state index contributed by atoms with van der Waals surface area (Å²) in [6.07, 6.45) is 12.4. The van der Waals surface area contributed by atoms with Gasteiger partial charge in [0.1, 0.15) is 0 Å². The molecular weight excluding hydrogens is 248 g/mol. The van der Waals surface area contributed by atoms with Crippen molar-refractivity contribution in [3.63, 3.8) is 0 Å². The summed E-state index contributed by atoms with van der Waals surface area (Å²) in [4.78, 5) is 11.8. The highest BCUT2D eigenvalue weighted by Crippen LogP contribution is 2.59. The Labute approximate surface area is 123 Å². The summed E-state index contributed by atoms with van der Waals surface area (Å²) in [5.74, 6) is 2.36. The van der Waals surface area contributed by atoms with Crippen molar-refractivity contribution in [1.29, 1.82) is 0 Å². The summed E-state index contributed by atoms with van der Waals surface area (Å²) in [7, 11) is 0. The molecule has 0 aromatic rings. The third-order valence-electron chi connectivity index (χ3n) is 6.26. The molecule has 3 aliphatic carbocycles. The SMILES string of the molecule is CC1CCCC1CNC(=O)NCCC1CC2(CCC2)C1. The summed E-state index contributed by atoms with van der Waals surface area (Å²) in [6, 6.07) is 0.0433. The lowest BCUT2D eigenvalue weighted by Gasteiger charge is -2.54. The van der Waals surface area contributed by atoms with Gasteiger partial charge in [-0.05, 0) is 61.7 Å². The fourth-order valence-electron chi connectivity index (χ4n) is 4.66. The highest BCUT2D eigenvalue weighted by atomic mass is 16.2. The minimum Gasteiger partial charge on any atom is -0.338 e. The van der Waals surface area contributed by atoms with E-state index in [1.165, 1.54) is 57.8 Å². The van der Waals surface area contributed by atoms with Gasteiger partial charge in [0.05, 0.1) is 0 Å². The number of nitrogens with one attached hydrogen (secondary N) is 2. The largest absolute Gasteiger partial charge is 0.338 e. The topological polar surface area (TPSA) is 41.1 Å². The molecule has 3 nitrogen and oxygen atoms in total. The van der Waals surface area contributed by atoms with Crippen LogP contribution in [0.25, 0.3) is 0 Å². The highest BCUT2D eigenvalue weighted by molar-refractivity contribution is 5.73. The van der Waals surface area contributed by atoms with Crippen molar-refractivity contribution in [2.75, 3.05) is 13.1 Å². The normalized spacial score (nSPS) is 31.6. The molecular formula is C17H30N2O. The van der Waals surface area contributed by atoms with Gasteiger partial charge in [-0.25, -0.2) is 4.79 Å². The standard InChI is InChI=1S/C17H30N2O/c1-13-4-2-5-15(13)12-19-16(20)18-9-6-14-10-17(11-14)7-3-8-17/h13-15H,2-12H2,1H3,(H2,18,19,20). The molecule has 0 heterocycles. The summed E-state index contributed by atoms with van der Waals surface area (Å²) >= 11 is 0. The first kappa shape index (κ1) is 14.2. The van der Waals surface area contributed by atoms with Gasteiger partial charge >= 0.3 is 6.03 Å². The van der Waals surface area contributed by atoms with Gasteiger partial charge in [0.25, 0.3) is 0 Å². The zero-order chi connectivity index (χ0) is 14.0. The molecule has 3 fully saturated rings. The maximum atomic E-state index is 11.8. The van der Waals surface area contributed by atoms with Crippen molar-refractivity contribution in [1.82, 2.24) is 10.6 Å². The summed E-state index contributed by atoms with van der Waals surface area (Å²) in [6.45, 7) is 4.02. The van der Waals surface area contributed by atoms with E-state index in [1.54, 1.807) is 0 Å². The Hall–Kier alpha value is -0.730. The van der Waals surface area contributed by atoms with Crippen LogP contribution in [0.2, 0.25) is 0 Å². The monoisotopic (exact) mass is 278 g/mol. The molecule has 2 amide bonds. The van der Waals surface area contributed by atoms with E-state index in [1.807, 2.05) is 0 Å². The lowest BCUT2D eigenvalue weighted by molar-refractivity contribution is -0.0270. The average Bonchev–Trinajstić information content (AvgIpc) is 2.73. The second kappa shape index (κ2) is 5.95. The van der Waals surface area contributed by atoms with Gasteiger partial charge < -0.3 is 10.6 Å². The Balaban J connectivity index is 1.23. The van der Waals surface area contributed by atoms with Crippen LogP contribution in [0.5, 0.6) is 0 Å². The van der Waals surface area contributed by atoms with Gasteiger partial charge in [-0.1, -0.05) is 26.2 Å². The lowest BCUT2D eigenvalue weighted by atomic mass is 9.51. The predicted octanol–water partition coefficient (Wildman–Crippen LogP) is 3.69. The van der Waals surface area contributed by atoms with E-state index in [0.717, 1.165) is 30.3 Å². The zero-order valence-corrected chi connectivity index (χ0v) is 12.9. The molecule has 114 valence electrons. The number of hydrogen-bond donors (Lipinski definition) is 2. The van der Waals surface area contributed by atoms with Crippen LogP contribution in [-0.4, -0.2) is 19.1 Å². The van der Waals surface area contributed by atoms with Gasteiger partial charge in [0.2, 0.25) is 0 Å². The second-order valence-electron chi connectivity index (χ2n) is 7.72. The van der Waals surface area contributed by atoms with Crippen LogP contribution < -0.4 is 10.6 Å². The molecule has 2 unspecified atom stereocenters. The van der Waals surface area contributed by atoms with E-state index in [-0.39, 0.29) is 6.03 Å². The zero-order valence-electron chi connectivity index (χ0n) is 12.9. The molecule has 20 heavy (non-hydrogen) atoms. The van der Waals surface area contributed by atoms with Crippen LogP contribution >= 0.6 is 0 Å². The van der Waals surface area contributed by atoms with Crippen LogP contribution in [0.1, 0.15) is 64.7 Å². The highest BCUT2D eigenvalue weighted by Gasteiger charge is 2.47. The van der Waals surface area contributed by atoms with Crippen molar-refractivity contribution >= 4 is 6.03 Å². The number of hydrogen-bond acceptors (Lipinski definition) is 1. The van der Waals surface area contributed by atoms with E-state index in [0.29, 0.717) is 5.92 Å². The van der Waals surface area contributed by atoms with Crippen LogP contribution in [-0.2, 0) is 0 Å². The Morgan fingerprint density at radius 3 is 2.55 bits per heavy atom. The first-order chi connectivity index (χ1) is 9.67. The molecule has 0 saturated heterocycles. The summed E-state index contributed by atoms with van der Waals surface area (Å²) in [5.41, 5.74) is 0.769. The number of urea groups is 1. The number of carbonyl (C=O) groups excluding carboxylic acids is 1. The molecule has 2 atom stereocenters. The van der Waals surface area contributed by atoms with E-state index in [4.69, 9.17) is 0 Å². The Morgan fingerprint density at radius 2 is 1.95 bits per heavy atom. The quantitative estimate of drug-likeness (QED) is 0.791. The third kappa shape index (κ3) is 3.12. The summed E-state index contributed by atoms with van der Waals surface area (Å²) in [5, 5.41) is 6.09. The van der Waals surface area contributed by atoms with Gasteiger partial charge in [-0.2, -0.15) is 0 Å². The van der Waals surface area contributed by atoms with Crippen molar-refractivity contribution in [2.45, 2.75) is 64.7 Å². The molecule has 3 rings (SSSR count). The first-order valence-electron chi connectivity index (χ1n) is 8.69. The molecule has 0 aromatic carbocycles. The number of rotatable bonds is 5. The van der Waals surface area contributed by atoms with Crippen LogP contribution in [0.15, 0.2) is 0 Å². The Morgan fingerprint density at radius 1 is 1.15 bits per heavy atom. The Kier molecular flexibility index (Phi) is 4.23. The van der Waals surface area contributed by atoms with Gasteiger partial charge in [-0.15, -0.1) is 0 Å². The molecule has 0 radical (unpaired) electrons. The minimum absolute atomic E-state index is 0.0433. The van der Waals surface area contributed by atoms with Crippen molar-refractivity contribution in [2.24, 2.45) is 23.2 Å². The Bertz CT molecular complexity index is 343. The van der Waals surface area contributed by atoms with Crippen molar-refractivity contribution in [3.8, 4) is 0 Å². The molecule has 3 heteroatoms. The van der Waals surface area contributed by atoms with Crippen LogP contribution in [0.4, 0.5) is 4.79 Å². The first-order valence-corrected chi connectivity index (χ1v) is 8.69. The van der Waals surface area contributed by atoms with Crippen molar-refractivity contribution in [3.05, 3.63) is 0 Å². The number of carbonyl (C=O) groups is 1. The van der Waals surface area contributed by atoms with Gasteiger partial charge in [0.15, 0.2) is 0 Å². The fraction of sp³-hybridized carbons (Fsp3) is 0.941. The number of amides is 2. The van der Waals surface area contributed by atoms with E-state index >= 15 is 0 Å². The van der Waals surface area contributed by atoms with Crippen molar-refractivity contribution < 1.29 is 4.79 Å². The summed E-state index contributed by atoms with van der Waals surface area (Å²) < 4.78 is 0. The van der Waals surface area contributed by atoms with Gasteiger partial charge in [-0.3, -0.25) is 0 Å². The molecule has 0 aromatic heterocycles. The molecule has 3 saturated carbocycles. The predicted molar refractivity (Wildman–Crippen MR) is 81.5 cm³/mol. The fourth-order valence-corrected chi connectivity index (χ4v) is 4.66. The molecule has 3 aliphatic rings. The average molecular weight is 278 g/mol. The van der Waals surface area contributed by atoms with E-state index < -0.39 is 0 Å². The lowest BCUT2D eigenvalue weighted by Crippen LogP contribution is -2.44. The minimum atomic E-state index is 0.0433. The van der Waals surface area contributed by atoms with E-state index in [2.05, 4.69) is 17.6 Å². The van der Waals surface area contributed by atoms with Gasteiger partial charge in [0, 0.05) is 13.1 Å². The molecule has 1 spiro atoms. The molecule has 0 bridgehead atoms. The maximum absolute atomic E-state index is 11.8. The smallest absolute Gasteiger partial charge is 0.314 e.